The zero-order valence-electron chi connectivity index (χ0n) is 15.6. The SMILES string of the molecule is C[C@@H](O)[C@H]1[C@H](O)C[C@H]2[C@@H]3CC[C@H]4C[C@@H](O)CC[C@]4(C)[C@H]3CC[C@]12C. The van der Waals surface area contributed by atoms with E-state index in [1.54, 1.807) is 0 Å². The van der Waals surface area contributed by atoms with Crippen LogP contribution in [0.25, 0.3) is 0 Å². The maximum Gasteiger partial charge on any atom is 0.0601 e. The molecule has 3 nitrogen and oxygen atoms in total. The van der Waals surface area contributed by atoms with Crippen LogP contribution in [0.2, 0.25) is 0 Å². The summed E-state index contributed by atoms with van der Waals surface area (Å²) in [4.78, 5) is 0. The first-order valence-corrected chi connectivity index (χ1v) is 10.3. The molecular weight excluding hydrogens is 300 g/mol. The monoisotopic (exact) mass is 336 g/mol. The average molecular weight is 337 g/mol. The van der Waals surface area contributed by atoms with Crippen LogP contribution in [0.1, 0.15) is 72.1 Å². The van der Waals surface area contributed by atoms with Gasteiger partial charge in [-0.1, -0.05) is 13.8 Å². The fourth-order valence-electron chi connectivity index (χ4n) is 8.16. The summed E-state index contributed by atoms with van der Waals surface area (Å²) in [5.74, 6) is 2.75. The Labute approximate surface area is 146 Å². The van der Waals surface area contributed by atoms with Crippen LogP contribution in [-0.2, 0) is 0 Å². The highest BCUT2D eigenvalue weighted by molar-refractivity contribution is 5.11. The Morgan fingerprint density at radius 2 is 1.58 bits per heavy atom. The average Bonchev–Trinajstić information content (AvgIpc) is 2.78. The van der Waals surface area contributed by atoms with Crippen molar-refractivity contribution >= 4 is 0 Å². The fourth-order valence-corrected chi connectivity index (χ4v) is 8.16. The van der Waals surface area contributed by atoms with Crippen molar-refractivity contribution in [3.8, 4) is 0 Å². The minimum atomic E-state index is -0.414. The Morgan fingerprint density at radius 3 is 2.29 bits per heavy atom. The van der Waals surface area contributed by atoms with Crippen molar-refractivity contribution in [2.24, 2.45) is 40.4 Å². The van der Waals surface area contributed by atoms with Crippen LogP contribution in [0.15, 0.2) is 0 Å². The molecule has 4 rings (SSSR count). The van der Waals surface area contributed by atoms with Crippen LogP contribution in [0.5, 0.6) is 0 Å². The Bertz CT molecular complexity index is 491. The maximum absolute atomic E-state index is 10.7. The zero-order valence-corrected chi connectivity index (χ0v) is 15.6. The maximum atomic E-state index is 10.7. The van der Waals surface area contributed by atoms with Crippen molar-refractivity contribution in [3.05, 3.63) is 0 Å². The van der Waals surface area contributed by atoms with Crippen LogP contribution in [0, 0.1) is 40.4 Å². The van der Waals surface area contributed by atoms with Crippen LogP contribution in [-0.4, -0.2) is 33.6 Å². The molecule has 3 heteroatoms. The van der Waals surface area contributed by atoms with Gasteiger partial charge in [-0.15, -0.1) is 0 Å². The van der Waals surface area contributed by atoms with Gasteiger partial charge in [-0.3, -0.25) is 0 Å². The molecule has 24 heavy (non-hydrogen) atoms. The third kappa shape index (κ3) is 2.27. The minimum absolute atomic E-state index is 0.0437. The number of hydrogen-bond donors (Lipinski definition) is 3. The smallest absolute Gasteiger partial charge is 0.0601 e. The third-order valence-electron chi connectivity index (χ3n) is 9.27. The molecule has 3 N–H and O–H groups in total. The first-order chi connectivity index (χ1) is 11.3. The molecule has 0 spiro atoms. The second kappa shape index (κ2) is 5.69. The lowest BCUT2D eigenvalue weighted by molar-refractivity contribution is -0.133. The predicted molar refractivity (Wildman–Crippen MR) is 94.3 cm³/mol. The molecule has 138 valence electrons. The predicted octanol–water partition coefficient (Wildman–Crippen LogP) is 3.36. The van der Waals surface area contributed by atoms with Gasteiger partial charge in [0.2, 0.25) is 0 Å². The van der Waals surface area contributed by atoms with E-state index in [0.29, 0.717) is 23.2 Å². The second-order valence-electron chi connectivity index (χ2n) is 10.2. The highest BCUT2D eigenvalue weighted by atomic mass is 16.3. The van der Waals surface area contributed by atoms with E-state index in [2.05, 4.69) is 13.8 Å². The molecule has 0 aromatic heterocycles. The van der Waals surface area contributed by atoms with Gasteiger partial charge >= 0.3 is 0 Å². The number of aliphatic hydroxyl groups is 3. The van der Waals surface area contributed by atoms with Crippen LogP contribution in [0.3, 0.4) is 0 Å². The van der Waals surface area contributed by atoms with Crippen LogP contribution >= 0.6 is 0 Å². The molecule has 4 aliphatic rings. The molecule has 0 radical (unpaired) electrons. The summed E-state index contributed by atoms with van der Waals surface area (Å²) in [6.45, 7) is 6.72. The first kappa shape index (κ1) is 17.3. The molecule has 0 aromatic carbocycles. The van der Waals surface area contributed by atoms with Crippen molar-refractivity contribution < 1.29 is 15.3 Å². The quantitative estimate of drug-likeness (QED) is 0.688. The lowest BCUT2D eigenvalue weighted by atomic mass is 9.44. The van der Waals surface area contributed by atoms with Crippen molar-refractivity contribution in [2.75, 3.05) is 0 Å². The van der Waals surface area contributed by atoms with E-state index in [-0.39, 0.29) is 23.5 Å². The van der Waals surface area contributed by atoms with E-state index < -0.39 is 6.10 Å². The number of rotatable bonds is 1. The normalized spacial score (nSPS) is 58.5. The molecule has 0 saturated heterocycles. The number of fused-ring (bicyclic) bond motifs is 5. The lowest BCUT2D eigenvalue weighted by Crippen LogP contribution is -2.54. The molecule has 0 aliphatic heterocycles. The third-order valence-corrected chi connectivity index (χ3v) is 9.27. The molecule has 0 aromatic rings. The lowest BCUT2D eigenvalue weighted by Gasteiger charge is -2.61. The van der Waals surface area contributed by atoms with Gasteiger partial charge in [0.05, 0.1) is 18.3 Å². The Morgan fingerprint density at radius 1 is 0.875 bits per heavy atom. The summed E-state index contributed by atoms with van der Waals surface area (Å²) in [5.41, 5.74) is 0.490. The van der Waals surface area contributed by atoms with Crippen molar-refractivity contribution in [1.29, 1.82) is 0 Å². The van der Waals surface area contributed by atoms with Gasteiger partial charge in [0, 0.05) is 5.92 Å². The first-order valence-electron chi connectivity index (χ1n) is 10.3. The summed E-state index contributed by atoms with van der Waals surface area (Å²) >= 11 is 0. The van der Waals surface area contributed by atoms with Crippen LogP contribution in [0.4, 0.5) is 0 Å². The number of hydrogen-bond acceptors (Lipinski definition) is 3. The van der Waals surface area contributed by atoms with Gasteiger partial charge in [0.1, 0.15) is 0 Å². The largest absolute Gasteiger partial charge is 0.393 e. The van der Waals surface area contributed by atoms with Gasteiger partial charge in [0.25, 0.3) is 0 Å². The fraction of sp³-hybridized carbons (Fsp3) is 1.00. The minimum Gasteiger partial charge on any atom is -0.393 e. The van der Waals surface area contributed by atoms with Crippen molar-refractivity contribution in [2.45, 2.75) is 90.4 Å². The number of aliphatic hydroxyl groups excluding tert-OH is 3. The molecular formula is C21H36O3. The highest BCUT2D eigenvalue weighted by Crippen LogP contribution is 2.67. The molecule has 4 fully saturated rings. The highest BCUT2D eigenvalue weighted by Gasteiger charge is 2.62. The second-order valence-corrected chi connectivity index (χ2v) is 10.2. The van der Waals surface area contributed by atoms with Crippen molar-refractivity contribution in [1.82, 2.24) is 0 Å². The molecule has 0 amide bonds. The van der Waals surface area contributed by atoms with E-state index in [1.807, 2.05) is 6.92 Å². The molecule has 0 heterocycles. The van der Waals surface area contributed by atoms with E-state index in [1.165, 1.54) is 25.7 Å². The summed E-state index contributed by atoms with van der Waals surface area (Å²) in [5, 5.41) is 31.1. The summed E-state index contributed by atoms with van der Waals surface area (Å²) in [7, 11) is 0. The van der Waals surface area contributed by atoms with E-state index in [0.717, 1.165) is 31.6 Å². The van der Waals surface area contributed by atoms with E-state index in [4.69, 9.17) is 0 Å². The molecule has 10 atom stereocenters. The molecule has 4 saturated carbocycles. The van der Waals surface area contributed by atoms with Gasteiger partial charge < -0.3 is 15.3 Å². The van der Waals surface area contributed by atoms with Crippen LogP contribution < -0.4 is 0 Å². The Balaban J connectivity index is 1.63. The standard InChI is InChI=1S/C21H36O3/c1-12(22)19-18(24)11-17-15-5-4-13-10-14(23)6-8-20(13,2)16(15)7-9-21(17,19)3/h12-19,22-24H,4-11H2,1-3H3/t12-,13+,14+,15-,16+,17+,18-,19+,20+,21+/m1/s1. The van der Waals surface area contributed by atoms with E-state index >= 15 is 0 Å². The summed E-state index contributed by atoms with van der Waals surface area (Å²) < 4.78 is 0. The van der Waals surface area contributed by atoms with E-state index in [9.17, 15) is 15.3 Å². The van der Waals surface area contributed by atoms with Gasteiger partial charge in [0.15, 0.2) is 0 Å². The molecule has 0 bridgehead atoms. The van der Waals surface area contributed by atoms with Gasteiger partial charge in [-0.05, 0) is 92.8 Å². The topological polar surface area (TPSA) is 60.7 Å². The van der Waals surface area contributed by atoms with Gasteiger partial charge in [-0.2, -0.15) is 0 Å². The summed E-state index contributed by atoms with van der Waals surface area (Å²) in [6.07, 6.45) is 8.10. The molecule has 4 aliphatic carbocycles. The zero-order chi connectivity index (χ0) is 17.3. The van der Waals surface area contributed by atoms with Crippen molar-refractivity contribution in [3.63, 3.8) is 0 Å². The van der Waals surface area contributed by atoms with Gasteiger partial charge in [-0.25, -0.2) is 0 Å². The molecule has 0 unspecified atom stereocenters. The Kier molecular flexibility index (Phi) is 4.10. The summed E-state index contributed by atoms with van der Waals surface area (Å²) in [6, 6.07) is 0. The Hall–Kier alpha value is -0.120.